The van der Waals surface area contributed by atoms with Crippen LogP contribution in [-0.2, 0) is 4.79 Å². The maximum atomic E-state index is 11.6. The van der Waals surface area contributed by atoms with Gasteiger partial charge in [0.05, 0.1) is 12.6 Å². The van der Waals surface area contributed by atoms with Gasteiger partial charge in [0.15, 0.2) is 0 Å². The third-order valence-electron chi connectivity index (χ3n) is 3.29. The third kappa shape index (κ3) is 5.57. The molecule has 0 bridgehead atoms. The summed E-state index contributed by atoms with van der Waals surface area (Å²) in [5.41, 5.74) is 2.41. The van der Waals surface area contributed by atoms with E-state index in [4.69, 9.17) is 5.11 Å². The molecule has 0 saturated heterocycles. The molecule has 1 atom stereocenters. The maximum absolute atomic E-state index is 11.6. The molecule has 110 valence electrons. The van der Waals surface area contributed by atoms with Crippen LogP contribution in [0.4, 0.5) is 0 Å². The van der Waals surface area contributed by atoms with E-state index in [0.717, 1.165) is 12.0 Å². The number of carbonyl (C=O) groups excluding carboxylic acids is 1. The molecular formula is C17H25NO2. The van der Waals surface area contributed by atoms with Crippen molar-refractivity contribution in [2.45, 2.75) is 45.6 Å². The van der Waals surface area contributed by atoms with Gasteiger partial charge in [-0.3, -0.25) is 4.79 Å². The van der Waals surface area contributed by atoms with Crippen molar-refractivity contribution < 1.29 is 9.90 Å². The van der Waals surface area contributed by atoms with E-state index < -0.39 is 0 Å². The minimum atomic E-state index is -0.138. The molecule has 0 aromatic heterocycles. The Balaban J connectivity index is 2.46. The zero-order valence-electron chi connectivity index (χ0n) is 12.6. The van der Waals surface area contributed by atoms with Crippen LogP contribution < -0.4 is 5.32 Å². The van der Waals surface area contributed by atoms with Crippen LogP contribution in [0.1, 0.15) is 50.7 Å². The molecule has 0 aliphatic rings. The van der Waals surface area contributed by atoms with Gasteiger partial charge in [0, 0.05) is 6.42 Å². The van der Waals surface area contributed by atoms with Crippen molar-refractivity contribution in [3.63, 3.8) is 0 Å². The summed E-state index contributed by atoms with van der Waals surface area (Å²) in [6, 6.07) is 8.21. The molecule has 0 aliphatic carbocycles. The van der Waals surface area contributed by atoms with E-state index in [9.17, 15) is 4.79 Å². The Kier molecular flexibility index (Phi) is 7.02. The number of aliphatic hydroxyl groups is 1. The molecule has 1 aromatic carbocycles. The summed E-state index contributed by atoms with van der Waals surface area (Å²) in [7, 11) is 0. The highest BCUT2D eigenvalue weighted by atomic mass is 16.3. The summed E-state index contributed by atoms with van der Waals surface area (Å²) in [5.74, 6) is 0.476. The molecule has 0 saturated carbocycles. The summed E-state index contributed by atoms with van der Waals surface area (Å²) in [4.78, 5) is 11.6. The van der Waals surface area contributed by atoms with Gasteiger partial charge in [0.2, 0.25) is 5.91 Å². The molecule has 1 unspecified atom stereocenters. The van der Waals surface area contributed by atoms with Crippen LogP contribution >= 0.6 is 0 Å². The number of hydrogen-bond donors (Lipinski definition) is 2. The van der Waals surface area contributed by atoms with Crippen LogP contribution in [0.5, 0.6) is 0 Å². The Morgan fingerprint density at radius 3 is 2.45 bits per heavy atom. The van der Waals surface area contributed by atoms with Crippen LogP contribution in [0.3, 0.4) is 0 Å². The predicted molar refractivity (Wildman–Crippen MR) is 83.5 cm³/mol. The van der Waals surface area contributed by atoms with E-state index in [1.54, 1.807) is 0 Å². The number of benzene rings is 1. The molecule has 2 N–H and O–H groups in total. The quantitative estimate of drug-likeness (QED) is 0.803. The number of nitrogens with one attached hydrogen (secondary N) is 1. The van der Waals surface area contributed by atoms with Gasteiger partial charge in [0.25, 0.3) is 0 Å². The first-order valence-corrected chi connectivity index (χ1v) is 7.23. The Labute approximate surface area is 121 Å². The standard InChI is InChI=1S/C17H25NO2/c1-4-16(12-19)18-17(20)7-5-6-14-8-10-15(11-9-14)13(2)3/h5-6,8-11,13,16,19H,4,7,12H2,1-3H3,(H,18,20)/b6-5+. The second-order valence-corrected chi connectivity index (χ2v) is 5.28. The van der Waals surface area contributed by atoms with Crippen molar-refractivity contribution in [2.24, 2.45) is 0 Å². The summed E-state index contributed by atoms with van der Waals surface area (Å²) >= 11 is 0. The molecule has 0 radical (unpaired) electrons. The van der Waals surface area contributed by atoms with Crippen LogP contribution in [0.2, 0.25) is 0 Å². The fraction of sp³-hybridized carbons (Fsp3) is 0.471. The van der Waals surface area contributed by atoms with Gasteiger partial charge in [0.1, 0.15) is 0 Å². The molecule has 0 aliphatic heterocycles. The minimum Gasteiger partial charge on any atom is -0.394 e. The number of amides is 1. The maximum Gasteiger partial charge on any atom is 0.224 e. The summed E-state index contributed by atoms with van der Waals surface area (Å²) < 4.78 is 0. The summed E-state index contributed by atoms with van der Waals surface area (Å²) in [5, 5.41) is 11.8. The van der Waals surface area contributed by atoms with Gasteiger partial charge in [-0.05, 0) is 23.5 Å². The fourth-order valence-corrected chi connectivity index (χ4v) is 1.86. The van der Waals surface area contributed by atoms with Gasteiger partial charge in [-0.2, -0.15) is 0 Å². The van der Waals surface area contributed by atoms with E-state index in [-0.39, 0.29) is 18.6 Å². The van der Waals surface area contributed by atoms with Crippen LogP contribution in [0.25, 0.3) is 6.08 Å². The monoisotopic (exact) mass is 275 g/mol. The average Bonchev–Trinajstić information content (AvgIpc) is 2.45. The lowest BCUT2D eigenvalue weighted by Gasteiger charge is -2.12. The second-order valence-electron chi connectivity index (χ2n) is 5.28. The van der Waals surface area contributed by atoms with Crippen LogP contribution in [0, 0.1) is 0 Å². The molecule has 1 aromatic rings. The Hall–Kier alpha value is -1.61. The SMILES string of the molecule is CCC(CO)NC(=O)C/C=C/c1ccc(C(C)C)cc1. The average molecular weight is 275 g/mol. The molecule has 0 heterocycles. The largest absolute Gasteiger partial charge is 0.394 e. The molecule has 20 heavy (non-hydrogen) atoms. The number of rotatable bonds is 7. The van der Waals surface area contributed by atoms with E-state index in [1.165, 1.54) is 5.56 Å². The van der Waals surface area contributed by atoms with Crippen molar-refractivity contribution in [2.75, 3.05) is 6.61 Å². The Bertz CT molecular complexity index is 431. The molecular weight excluding hydrogens is 250 g/mol. The van der Waals surface area contributed by atoms with Crippen LogP contribution in [-0.4, -0.2) is 23.7 Å². The van der Waals surface area contributed by atoms with Gasteiger partial charge in [-0.25, -0.2) is 0 Å². The Morgan fingerprint density at radius 2 is 1.95 bits per heavy atom. The summed E-state index contributed by atoms with van der Waals surface area (Å²) in [6.45, 7) is 6.26. The highest BCUT2D eigenvalue weighted by molar-refractivity contribution is 5.78. The lowest BCUT2D eigenvalue weighted by Crippen LogP contribution is -2.36. The van der Waals surface area contributed by atoms with Crippen molar-refractivity contribution in [1.29, 1.82) is 0 Å². The summed E-state index contributed by atoms with van der Waals surface area (Å²) in [6.07, 6.45) is 4.87. The number of hydrogen-bond acceptors (Lipinski definition) is 2. The molecule has 3 nitrogen and oxygen atoms in total. The van der Waals surface area contributed by atoms with Gasteiger partial charge >= 0.3 is 0 Å². The zero-order chi connectivity index (χ0) is 15.0. The molecule has 1 rings (SSSR count). The number of carbonyl (C=O) groups is 1. The van der Waals surface area contributed by atoms with E-state index >= 15 is 0 Å². The number of aliphatic hydroxyl groups excluding tert-OH is 1. The van der Waals surface area contributed by atoms with E-state index in [2.05, 4.69) is 43.4 Å². The lowest BCUT2D eigenvalue weighted by atomic mass is 10.0. The predicted octanol–water partition coefficient (Wildman–Crippen LogP) is 3.10. The van der Waals surface area contributed by atoms with Crippen molar-refractivity contribution >= 4 is 12.0 Å². The van der Waals surface area contributed by atoms with Gasteiger partial charge in [-0.1, -0.05) is 57.2 Å². The molecule has 1 amide bonds. The highest BCUT2D eigenvalue weighted by Crippen LogP contribution is 2.15. The lowest BCUT2D eigenvalue weighted by molar-refractivity contribution is -0.121. The van der Waals surface area contributed by atoms with Crippen molar-refractivity contribution in [1.82, 2.24) is 5.32 Å². The minimum absolute atomic E-state index is 0.0113. The molecule has 0 fully saturated rings. The smallest absolute Gasteiger partial charge is 0.224 e. The fourth-order valence-electron chi connectivity index (χ4n) is 1.86. The first-order valence-electron chi connectivity index (χ1n) is 7.23. The first-order chi connectivity index (χ1) is 9.56. The van der Waals surface area contributed by atoms with E-state index in [1.807, 2.05) is 19.1 Å². The van der Waals surface area contributed by atoms with Gasteiger partial charge in [-0.15, -0.1) is 0 Å². The van der Waals surface area contributed by atoms with Crippen molar-refractivity contribution in [3.05, 3.63) is 41.5 Å². The third-order valence-corrected chi connectivity index (χ3v) is 3.29. The van der Waals surface area contributed by atoms with Crippen molar-refractivity contribution in [3.8, 4) is 0 Å². The Morgan fingerprint density at radius 1 is 1.30 bits per heavy atom. The second kappa shape index (κ2) is 8.54. The molecule has 3 heteroatoms. The van der Waals surface area contributed by atoms with Crippen LogP contribution in [0.15, 0.2) is 30.3 Å². The zero-order valence-corrected chi connectivity index (χ0v) is 12.6. The molecule has 0 spiro atoms. The van der Waals surface area contributed by atoms with Gasteiger partial charge < -0.3 is 10.4 Å². The van der Waals surface area contributed by atoms with E-state index in [0.29, 0.717) is 12.3 Å². The topological polar surface area (TPSA) is 49.3 Å². The normalized spacial score (nSPS) is 12.8. The first kappa shape index (κ1) is 16.4. The highest BCUT2D eigenvalue weighted by Gasteiger charge is 2.07.